The summed E-state index contributed by atoms with van der Waals surface area (Å²) in [7, 11) is 3.23. The van der Waals surface area contributed by atoms with E-state index in [9.17, 15) is 33.1 Å². The van der Waals surface area contributed by atoms with Gasteiger partial charge in [0.2, 0.25) is 5.95 Å². The lowest BCUT2D eigenvalue weighted by molar-refractivity contribution is -0.928. The summed E-state index contributed by atoms with van der Waals surface area (Å²) in [4.78, 5) is 28.0. The monoisotopic (exact) mass is 583 g/mol. The molecule has 2 aromatic carbocycles. The molecule has 2 aliphatic rings. The number of carbonyl (C=O) groups excluding carboxylic acids is 1. The molecule has 5 rings (SSSR count). The van der Waals surface area contributed by atoms with Gasteiger partial charge in [0.1, 0.15) is 12.6 Å². The van der Waals surface area contributed by atoms with E-state index in [1.165, 1.54) is 28.7 Å². The first kappa shape index (κ1) is 29.1. The summed E-state index contributed by atoms with van der Waals surface area (Å²) in [6.07, 6.45) is -3.79. The number of aromatic amines is 1. The van der Waals surface area contributed by atoms with E-state index < -0.39 is 29.4 Å². The maximum Gasteiger partial charge on any atom is 0.416 e. The van der Waals surface area contributed by atoms with Crippen molar-refractivity contribution < 1.29 is 32.3 Å². The van der Waals surface area contributed by atoms with Crippen molar-refractivity contribution >= 4 is 17.6 Å². The lowest BCUT2D eigenvalue weighted by Gasteiger charge is -2.41. The van der Waals surface area contributed by atoms with Gasteiger partial charge in [-0.1, -0.05) is 12.1 Å². The number of H-pyrrole nitrogens is 1. The molecule has 3 heterocycles. The van der Waals surface area contributed by atoms with Crippen LogP contribution in [-0.2, 0) is 22.3 Å². The van der Waals surface area contributed by atoms with Crippen LogP contribution in [0, 0.1) is 11.3 Å². The minimum Gasteiger partial charge on any atom is -0.466 e. The van der Waals surface area contributed by atoms with Gasteiger partial charge in [0.25, 0.3) is 0 Å². The fourth-order valence-electron chi connectivity index (χ4n) is 5.90. The molecule has 0 saturated carbocycles. The average molecular weight is 584 g/mol. The number of nitrogens with zero attached hydrogens (tertiary/aromatic N) is 5. The Morgan fingerprint density at radius 2 is 1.95 bits per heavy atom. The summed E-state index contributed by atoms with van der Waals surface area (Å²) in [5.74, 6) is -0.781. The number of hydrogen-bond acceptors (Lipinski definition) is 7. The summed E-state index contributed by atoms with van der Waals surface area (Å²) in [5, 5.41) is 26.3. The van der Waals surface area contributed by atoms with Crippen LogP contribution in [0.5, 0.6) is 0 Å². The smallest absolute Gasteiger partial charge is 0.416 e. The van der Waals surface area contributed by atoms with Crippen molar-refractivity contribution in [2.24, 2.45) is 0 Å². The van der Waals surface area contributed by atoms with Crippen LogP contribution in [-0.4, -0.2) is 63.7 Å². The van der Waals surface area contributed by atoms with E-state index >= 15 is 0 Å². The minimum absolute atomic E-state index is 0.00808. The molecular formula is C29H30F3N6O4+. The van der Waals surface area contributed by atoms with Gasteiger partial charge < -0.3 is 14.3 Å². The Labute approximate surface area is 239 Å². The number of nitriles is 1. The predicted molar refractivity (Wildman–Crippen MR) is 145 cm³/mol. The Hall–Kier alpha value is -4.41. The lowest BCUT2D eigenvalue weighted by Crippen LogP contribution is -2.50. The third kappa shape index (κ3) is 5.19. The molecule has 1 fully saturated rings. The number of nitrogens with one attached hydrogen (secondary N) is 1. The summed E-state index contributed by atoms with van der Waals surface area (Å²) < 4.78 is 47.7. The van der Waals surface area contributed by atoms with Crippen molar-refractivity contribution in [3.63, 3.8) is 0 Å². The van der Waals surface area contributed by atoms with Crippen molar-refractivity contribution in [2.75, 3.05) is 32.1 Å². The molecule has 1 aromatic heterocycles. The quantitative estimate of drug-likeness (QED) is 0.346. The molecule has 42 heavy (non-hydrogen) atoms. The van der Waals surface area contributed by atoms with Gasteiger partial charge in [-0.05, 0) is 42.8 Å². The fraction of sp³-hybridized carbons (Fsp3) is 0.379. The molecule has 0 radical (unpaired) electrons. The summed E-state index contributed by atoms with van der Waals surface area (Å²) in [6.45, 7) is 3.37. The molecular weight excluding hydrogens is 553 g/mol. The second-order valence-electron chi connectivity index (χ2n) is 11.0. The molecule has 2 N–H and O–H groups in total. The summed E-state index contributed by atoms with van der Waals surface area (Å²) in [5.41, 5.74) is 0.371. The fourth-order valence-corrected chi connectivity index (χ4v) is 5.90. The predicted octanol–water partition coefficient (Wildman–Crippen LogP) is 3.75. The highest BCUT2D eigenvalue weighted by molar-refractivity contribution is 5.93. The number of hydrogen-bond donors (Lipinski definition) is 2. The van der Waals surface area contributed by atoms with Gasteiger partial charge in [0, 0.05) is 29.8 Å². The van der Waals surface area contributed by atoms with Crippen molar-refractivity contribution in [1.82, 2.24) is 14.8 Å². The number of fused-ring (bicyclic) bond motifs is 1. The number of aliphatic hydroxyl groups excluding tert-OH is 1. The zero-order valence-corrected chi connectivity index (χ0v) is 23.3. The maximum atomic E-state index is 13.6. The Kier molecular flexibility index (Phi) is 7.46. The first-order valence-corrected chi connectivity index (χ1v) is 13.3. The Balaban J connectivity index is 1.73. The molecule has 1 unspecified atom stereocenters. The van der Waals surface area contributed by atoms with Crippen LogP contribution in [0.25, 0.3) is 0 Å². The number of allylic oxidation sites excluding steroid dienone is 1. The number of anilines is 2. The van der Waals surface area contributed by atoms with Gasteiger partial charge in [0.15, 0.2) is 0 Å². The van der Waals surface area contributed by atoms with Gasteiger partial charge in [-0.2, -0.15) is 18.4 Å². The second-order valence-corrected chi connectivity index (χ2v) is 11.0. The Morgan fingerprint density at radius 3 is 2.60 bits per heavy atom. The molecule has 0 bridgehead atoms. The largest absolute Gasteiger partial charge is 0.466 e. The third-order valence-electron chi connectivity index (χ3n) is 8.10. The van der Waals surface area contributed by atoms with Crippen LogP contribution in [0.15, 0.2) is 58.5 Å². The van der Waals surface area contributed by atoms with Crippen LogP contribution in [0.1, 0.15) is 48.1 Å². The number of methoxy groups -OCH3 is 1. The standard InChI is InChI=1S/C29H29F3N6O4/c1-17-24(26(40)42-3)25(23-8-7-18(15-33)13-19(23)16-38(2)11-9-22(39)10-12-38)37-27(34-35-28(37)41)36(17)21-6-4-5-20(14-21)29(30,31)32/h4-8,13-14,22,25,39H,9-12,16H2,1-3H3/p+1. The van der Waals surface area contributed by atoms with Gasteiger partial charge >= 0.3 is 17.8 Å². The molecule has 0 aliphatic carbocycles. The number of likely N-dealkylation sites (tertiary alicyclic amines) is 1. The number of ether oxygens (including phenoxy) is 1. The molecule has 2 aliphatic heterocycles. The first-order chi connectivity index (χ1) is 19.9. The lowest BCUT2D eigenvalue weighted by atomic mass is 9.89. The van der Waals surface area contributed by atoms with Gasteiger partial charge in [-0.15, -0.1) is 5.10 Å². The molecule has 1 atom stereocenters. The van der Waals surface area contributed by atoms with E-state index in [0.717, 1.165) is 12.1 Å². The molecule has 3 aromatic rings. The minimum atomic E-state index is -4.62. The third-order valence-corrected chi connectivity index (χ3v) is 8.10. The normalized spacial score (nSPS) is 22.5. The molecule has 10 nitrogen and oxygen atoms in total. The zero-order valence-electron chi connectivity index (χ0n) is 23.3. The van der Waals surface area contributed by atoms with Crippen LogP contribution in [0.4, 0.5) is 24.8 Å². The molecule has 0 spiro atoms. The number of carbonyl (C=O) groups is 1. The van der Waals surface area contributed by atoms with Crippen LogP contribution >= 0.6 is 0 Å². The van der Waals surface area contributed by atoms with Crippen LogP contribution in [0.3, 0.4) is 0 Å². The number of esters is 1. The van der Waals surface area contributed by atoms with Crippen molar-refractivity contribution in [3.8, 4) is 6.07 Å². The first-order valence-electron chi connectivity index (χ1n) is 13.3. The molecule has 1 saturated heterocycles. The van der Waals surface area contributed by atoms with E-state index in [1.807, 2.05) is 7.05 Å². The molecule has 0 amide bonds. The number of aliphatic hydroxyl groups is 1. The number of piperidine rings is 1. The van der Waals surface area contributed by atoms with E-state index in [-0.39, 0.29) is 29.0 Å². The number of quaternary nitrogens is 1. The van der Waals surface area contributed by atoms with E-state index in [0.29, 0.717) is 53.6 Å². The van der Waals surface area contributed by atoms with E-state index in [4.69, 9.17) is 4.74 Å². The molecule has 220 valence electrons. The van der Waals surface area contributed by atoms with E-state index in [1.54, 1.807) is 25.1 Å². The zero-order chi connectivity index (χ0) is 30.4. The second kappa shape index (κ2) is 10.8. The number of benzene rings is 2. The van der Waals surface area contributed by atoms with Gasteiger partial charge in [-0.3, -0.25) is 4.90 Å². The summed E-state index contributed by atoms with van der Waals surface area (Å²) >= 11 is 0. The van der Waals surface area contributed by atoms with Crippen LogP contribution < -0.4 is 10.6 Å². The summed E-state index contributed by atoms with van der Waals surface area (Å²) in [6, 6.07) is 10.6. The SMILES string of the molecule is COC(=O)C1=C(C)N(c2cccc(C(F)(F)F)c2)c2n[nH]c(=O)n2C1c1ccc(C#N)cc1C[N+]1(C)CCC(O)CC1. The highest BCUT2D eigenvalue weighted by atomic mass is 19.4. The van der Waals surface area contributed by atoms with Crippen LogP contribution in [0.2, 0.25) is 0 Å². The van der Waals surface area contributed by atoms with Crippen molar-refractivity contribution in [2.45, 2.75) is 44.6 Å². The van der Waals surface area contributed by atoms with Crippen molar-refractivity contribution in [1.29, 1.82) is 5.26 Å². The van der Waals surface area contributed by atoms with Gasteiger partial charge in [-0.25, -0.2) is 19.3 Å². The Morgan fingerprint density at radius 1 is 1.24 bits per heavy atom. The maximum absolute atomic E-state index is 13.6. The topological polar surface area (TPSA) is 124 Å². The number of halogens is 3. The average Bonchev–Trinajstić information content (AvgIpc) is 3.34. The van der Waals surface area contributed by atoms with E-state index in [2.05, 4.69) is 16.3 Å². The van der Waals surface area contributed by atoms with Crippen molar-refractivity contribution in [3.05, 3.63) is 86.5 Å². The number of aromatic nitrogens is 3. The van der Waals surface area contributed by atoms with Gasteiger partial charge in [0.05, 0.1) is 56.1 Å². The highest BCUT2D eigenvalue weighted by Crippen LogP contribution is 2.44. The number of alkyl halides is 3. The molecule has 13 heteroatoms. The number of rotatable bonds is 5. The Bertz CT molecular complexity index is 1660. The highest BCUT2D eigenvalue weighted by Gasteiger charge is 2.42.